The van der Waals surface area contributed by atoms with Gasteiger partial charge in [0.25, 0.3) is 0 Å². The van der Waals surface area contributed by atoms with Crippen LogP contribution in [0.3, 0.4) is 0 Å². The lowest BCUT2D eigenvalue weighted by Gasteiger charge is -2.11. The Balaban J connectivity index is 2.06. The average Bonchev–Trinajstić information content (AvgIpc) is 3.01. The van der Waals surface area contributed by atoms with Crippen molar-refractivity contribution in [1.29, 1.82) is 0 Å². The highest BCUT2D eigenvalue weighted by Gasteiger charge is 2.21. The van der Waals surface area contributed by atoms with Crippen molar-refractivity contribution in [3.8, 4) is 11.4 Å². The van der Waals surface area contributed by atoms with Gasteiger partial charge in [-0.1, -0.05) is 0 Å². The zero-order chi connectivity index (χ0) is 12.8. The molecule has 19 heavy (non-hydrogen) atoms. The van der Waals surface area contributed by atoms with E-state index in [0.29, 0.717) is 0 Å². The molecule has 96 valence electrons. The highest BCUT2D eigenvalue weighted by molar-refractivity contribution is 7.18. The van der Waals surface area contributed by atoms with Gasteiger partial charge in [-0.3, -0.25) is 4.68 Å². The van der Waals surface area contributed by atoms with Gasteiger partial charge in [-0.15, -0.1) is 11.3 Å². The Morgan fingerprint density at radius 2 is 2.11 bits per heavy atom. The van der Waals surface area contributed by atoms with Crippen molar-refractivity contribution in [2.24, 2.45) is 7.05 Å². The van der Waals surface area contributed by atoms with Crippen LogP contribution >= 0.6 is 11.3 Å². The van der Waals surface area contributed by atoms with Gasteiger partial charge < -0.3 is 0 Å². The molecule has 0 saturated carbocycles. The first-order valence-electron chi connectivity index (χ1n) is 6.58. The summed E-state index contributed by atoms with van der Waals surface area (Å²) in [5.41, 5.74) is 3.58. The Bertz CT molecular complexity index is 756. The maximum atomic E-state index is 4.53. The minimum absolute atomic E-state index is 1.03. The molecular weight excluding hydrogens is 256 g/mol. The van der Waals surface area contributed by atoms with Gasteiger partial charge >= 0.3 is 0 Å². The minimum Gasteiger partial charge on any atom is -0.266 e. The second-order valence-corrected chi connectivity index (χ2v) is 6.04. The Hall–Kier alpha value is -1.75. The Morgan fingerprint density at radius 3 is 2.95 bits per heavy atom. The molecule has 3 aromatic heterocycles. The lowest BCUT2D eigenvalue weighted by molar-refractivity contribution is 0.700. The van der Waals surface area contributed by atoms with Gasteiger partial charge in [0.1, 0.15) is 16.9 Å². The summed E-state index contributed by atoms with van der Waals surface area (Å²) in [6, 6.07) is 2.02. The van der Waals surface area contributed by atoms with Crippen molar-refractivity contribution < 1.29 is 0 Å². The molecule has 1 aliphatic rings. The molecule has 0 fully saturated rings. The lowest BCUT2D eigenvalue weighted by atomic mass is 9.96. The van der Waals surface area contributed by atoms with Crippen LogP contribution in [-0.4, -0.2) is 19.7 Å². The first-order chi connectivity index (χ1) is 9.34. The summed E-state index contributed by atoms with van der Waals surface area (Å²) in [5.74, 6) is 0. The van der Waals surface area contributed by atoms with Gasteiger partial charge in [0.2, 0.25) is 0 Å². The highest BCUT2D eigenvalue weighted by Crippen LogP contribution is 2.39. The normalized spacial score (nSPS) is 14.8. The number of rotatable bonds is 1. The molecule has 0 N–H and O–H groups in total. The molecule has 0 radical (unpaired) electrons. The molecule has 0 unspecified atom stereocenters. The van der Waals surface area contributed by atoms with Gasteiger partial charge in [0.05, 0.1) is 5.69 Å². The SMILES string of the molecule is Cn1nccc1-c1ncnc2sc3c(c12)CCCC3. The van der Waals surface area contributed by atoms with Crippen LogP contribution in [0.2, 0.25) is 0 Å². The predicted octanol–water partition coefficient (Wildman–Crippen LogP) is 2.97. The number of thiophene rings is 1. The van der Waals surface area contributed by atoms with Crippen LogP contribution in [0.25, 0.3) is 21.6 Å². The van der Waals surface area contributed by atoms with E-state index in [-0.39, 0.29) is 0 Å². The number of hydrogen-bond acceptors (Lipinski definition) is 4. The fourth-order valence-corrected chi connectivity index (χ4v) is 4.12. The summed E-state index contributed by atoms with van der Waals surface area (Å²) in [7, 11) is 1.96. The van der Waals surface area contributed by atoms with Crippen LogP contribution in [0, 0.1) is 0 Å². The number of aromatic nitrogens is 4. The maximum absolute atomic E-state index is 4.53. The first kappa shape index (κ1) is 11.1. The molecule has 4 nitrogen and oxygen atoms in total. The fraction of sp³-hybridized carbons (Fsp3) is 0.357. The van der Waals surface area contributed by atoms with Crippen LogP contribution in [-0.2, 0) is 19.9 Å². The molecule has 0 aromatic carbocycles. The molecular formula is C14H14N4S. The van der Waals surface area contributed by atoms with Crippen molar-refractivity contribution in [3.05, 3.63) is 29.0 Å². The van der Waals surface area contributed by atoms with E-state index < -0.39 is 0 Å². The maximum Gasteiger partial charge on any atom is 0.127 e. The van der Waals surface area contributed by atoms with Crippen LogP contribution in [0.5, 0.6) is 0 Å². The van der Waals surface area contributed by atoms with Crippen LogP contribution in [0.15, 0.2) is 18.6 Å². The molecule has 4 rings (SSSR count). The Kier molecular flexibility index (Phi) is 2.41. The van der Waals surface area contributed by atoms with Crippen LogP contribution < -0.4 is 0 Å². The Morgan fingerprint density at radius 1 is 1.21 bits per heavy atom. The zero-order valence-electron chi connectivity index (χ0n) is 10.8. The third-order valence-electron chi connectivity index (χ3n) is 3.81. The zero-order valence-corrected chi connectivity index (χ0v) is 11.6. The summed E-state index contributed by atoms with van der Waals surface area (Å²) >= 11 is 1.84. The van der Waals surface area contributed by atoms with E-state index in [2.05, 4.69) is 15.1 Å². The van der Waals surface area contributed by atoms with Crippen molar-refractivity contribution in [3.63, 3.8) is 0 Å². The highest BCUT2D eigenvalue weighted by atomic mass is 32.1. The van der Waals surface area contributed by atoms with Gasteiger partial charge in [-0.25, -0.2) is 9.97 Å². The second-order valence-electron chi connectivity index (χ2n) is 4.95. The largest absolute Gasteiger partial charge is 0.266 e. The number of nitrogens with zero attached hydrogens (tertiary/aromatic N) is 4. The molecule has 0 aliphatic heterocycles. The van der Waals surface area contributed by atoms with Gasteiger partial charge in [0.15, 0.2) is 0 Å². The topological polar surface area (TPSA) is 43.6 Å². The number of fused-ring (bicyclic) bond motifs is 3. The molecule has 3 heterocycles. The van der Waals surface area contributed by atoms with Crippen LogP contribution in [0.1, 0.15) is 23.3 Å². The lowest BCUT2D eigenvalue weighted by Crippen LogP contribution is -2.01. The van der Waals surface area contributed by atoms with E-state index in [1.165, 1.54) is 35.1 Å². The molecule has 0 spiro atoms. The van der Waals surface area contributed by atoms with Gasteiger partial charge in [-0.2, -0.15) is 5.10 Å². The molecule has 0 saturated heterocycles. The fourth-order valence-electron chi connectivity index (χ4n) is 2.89. The molecule has 0 bridgehead atoms. The standard InChI is InChI=1S/C14H14N4S/c1-18-10(6-7-17-18)13-12-9-4-2-3-5-11(9)19-14(12)16-8-15-13/h6-8H,2-5H2,1H3. The van der Waals surface area contributed by atoms with E-state index in [1.807, 2.05) is 35.3 Å². The monoisotopic (exact) mass is 270 g/mol. The smallest absolute Gasteiger partial charge is 0.127 e. The molecule has 3 aromatic rings. The molecule has 1 aliphatic carbocycles. The number of hydrogen-bond donors (Lipinski definition) is 0. The quantitative estimate of drug-likeness (QED) is 0.683. The van der Waals surface area contributed by atoms with Crippen molar-refractivity contribution in [1.82, 2.24) is 19.7 Å². The third-order valence-corrected chi connectivity index (χ3v) is 5.01. The average molecular weight is 270 g/mol. The van der Waals surface area contributed by atoms with Crippen LogP contribution in [0.4, 0.5) is 0 Å². The number of aryl methyl sites for hydroxylation is 3. The van der Waals surface area contributed by atoms with Gasteiger partial charge in [-0.05, 0) is 37.3 Å². The van der Waals surface area contributed by atoms with E-state index in [9.17, 15) is 0 Å². The van der Waals surface area contributed by atoms with Crippen molar-refractivity contribution in [2.75, 3.05) is 0 Å². The van der Waals surface area contributed by atoms with E-state index in [0.717, 1.165) is 22.6 Å². The molecule has 5 heteroatoms. The Labute approximate surface area is 115 Å². The van der Waals surface area contributed by atoms with Gasteiger partial charge in [0, 0.05) is 23.5 Å². The van der Waals surface area contributed by atoms with E-state index in [4.69, 9.17) is 0 Å². The van der Waals surface area contributed by atoms with E-state index in [1.54, 1.807) is 6.33 Å². The molecule has 0 amide bonds. The predicted molar refractivity (Wildman–Crippen MR) is 76.3 cm³/mol. The van der Waals surface area contributed by atoms with Crippen molar-refractivity contribution >= 4 is 21.6 Å². The summed E-state index contributed by atoms with van der Waals surface area (Å²) in [6.07, 6.45) is 8.43. The first-order valence-corrected chi connectivity index (χ1v) is 7.40. The second kappa shape index (κ2) is 4.13. The minimum atomic E-state index is 1.03. The summed E-state index contributed by atoms with van der Waals surface area (Å²) in [6.45, 7) is 0. The summed E-state index contributed by atoms with van der Waals surface area (Å²) < 4.78 is 1.88. The molecule has 0 atom stereocenters. The van der Waals surface area contributed by atoms with E-state index >= 15 is 0 Å². The summed E-state index contributed by atoms with van der Waals surface area (Å²) in [4.78, 5) is 11.6. The van der Waals surface area contributed by atoms with Crippen molar-refractivity contribution in [2.45, 2.75) is 25.7 Å². The summed E-state index contributed by atoms with van der Waals surface area (Å²) in [5, 5.41) is 5.51. The third kappa shape index (κ3) is 1.61.